The van der Waals surface area contributed by atoms with Crippen molar-refractivity contribution in [2.75, 3.05) is 16.8 Å². The molecular formula is C13H15ClN4OS. The van der Waals surface area contributed by atoms with Crippen molar-refractivity contribution in [3.63, 3.8) is 0 Å². The smallest absolute Gasteiger partial charge is 0.225 e. The Kier molecular flexibility index (Phi) is 4.92. The fourth-order valence-electron chi connectivity index (χ4n) is 1.60. The fourth-order valence-corrected chi connectivity index (χ4v) is 2.65. The average Bonchev–Trinajstić information content (AvgIpc) is 2.79. The van der Waals surface area contributed by atoms with E-state index in [9.17, 15) is 4.79 Å². The van der Waals surface area contributed by atoms with E-state index in [2.05, 4.69) is 10.4 Å². The summed E-state index contributed by atoms with van der Waals surface area (Å²) in [6.07, 6.45) is 4.10. The number of hydrogen-bond acceptors (Lipinski definition) is 4. The van der Waals surface area contributed by atoms with Crippen LogP contribution in [0.2, 0.25) is 5.02 Å². The maximum Gasteiger partial charge on any atom is 0.225 e. The van der Waals surface area contributed by atoms with Crippen LogP contribution in [0, 0.1) is 0 Å². The molecule has 0 bridgehead atoms. The summed E-state index contributed by atoms with van der Waals surface area (Å²) in [6, 6.07) is 5.00. The topological polar surface area (TPSA) is 72.9 Å². The van der Waals surface area contributed by atoms with Gasteiger partial charge < -0.3 is 11.1 Å². The number of rotatable bonds is 5. The van der Waals surface area contributed by atoms with Crippen LogP contribution in [0.3, 0.4) is 0 Å². The Bertz CT molecular complexity index is 614. The largest absolute Gasteiger partial charge is 0.397 e. The van der Waals surface area contributed by atoms with E-state index in [1.54, 1.807) is 40.8 Å². The minimum atomic E-state index is -0.0737. The van der Waals surface area contributed by atoms with Crippen molar-refractivity contribution in [3.05, 3.63) is 35.6 Å². The van der Waals surface area contributed by atoms with E-state index >= 15 is 0 Å². The Labute approximate surface area is 126 Å². The van der Waals surface area contributed by atoms with E-state index in [4.69, 9.17) is 17.3 Å². The number of nitrogens with zero attached hydrogens (tertiary/aromatic N) is 2. The van der Waals surface area contributed by atoms with Gasteiger partial charge in [0.2, 0.25) is 5.91 Å². The molecule has 0 unspecified atom stereocenters. The van der Waals surface area contributed by atoms with Crippen LogP contribution in [0.4, 0.5) is 11.4 Å². The highest BCUT2D eigenvalue weighted by molar-refractivity contribution is 7.99. The quantitative estimate of drug-likeness (QED) is 0.658. The van der Waals surface area contributed by atoms with Gasteiger partial charge in [0.15, 0.2) is 0 Å². The summed E-state index contributed by atoms with van der Waals surface area (Å²) < 4.78 is 1.73. The first-order valence-corrected chi connectivity index (χ1v) is 7.37. The molecule has 20 heavy (non-hydrogen) atoms. The van der Waals surface area contributed by atoms with Crippen molar-refractivity contribution in [2.45, 2.75) is 11.3 Å². The summed E-state index contributed by atoms with van der Waals surface area (Å²) in [4.78, 5) is 12.9. The predicted molar refractivity (Wildman–Crippen MR) is 83.0 cm³/mol. The van der Waals surface area contributed by atoms with E-state index in [-0.39, 0.29) is 5.91 Å². The number of aromatic nitrogens is 2. The highest BCUT2D eigenvalue weighted by atomic mass is 35.5. The van der Waals surface area contributed by atoms with Gasteiger partial charge in [0.25, 0.3) is 0 Å². The zero-order chi connectivity index (χ0) is 14.5. The predicted octanol–water partition coefficient (Wildman–Crippen LogP) is 2.78. The molecule has 1 aromatic carbocycles. The van der Waals surface area contributed by atoms with E-state index in [0.29, 0.717) is 28.6 Å². The number of carbonyl (C=O) groups excluding carboxylic acids is 1. The van der Waals surface area contributed by atoms with Gasteiger partial charge in [-0.15, -0.1) is 11.8 Å². The number of nitrogen functional groups attached to an aromatic ring is 1. The molecule has 0 atom stereocenters. The summed E-state index contributed by atoms with van der Waals surface area (Å²) in [5.74, 6) is 0.612. The molecule has 0 fully saturated rings. The number of nitrogens with two attached hydrogens (primary N) is 1. The Morgan fingerprint density at radius 2 is 2.35 bits per heavy atom. The normalized spacial score (nSPS) is 10.5. The molecule has 0 aliphatic rings. The Morgan fingerprint density at radius 1 is 1.55 bits per heavy atom. The molecule has 2 aromatic rings. The average molecular weight is 311 g/mol. The van der Waals surface area contributed by atoms with Gasteiger partial charge in [-0.05, 0) is 18.2 Å². The van der Waals surface area contributed by atoms with Crippen LogP contribution in [0.1, 0.15) is 6.42 Å². The SMILES string of the molecule is Cn1cc(SCCC(=O)Nc2ccc(Cl)cc2N)cn1. The van der Waals surface area contributed by atoms with Crippen molar-refractivity contribution < 1.29 is 4.79 Å². The van der Waals surface area contributed by atoms with E-state index in [1.165, 1.54) is 0 Å². The molecule has 3 N–H and O–H groups in total. The standard InChI is InChI=1S/C13H15ClN4OS/c1-18-8-10(7-16-18)20-5-4-13(19)17-12-3-2-9(14)6-11(12)15/h2-3,6-8H,4-5,15H2,1H3,(H,17,19). The summed E-state index contributed by atoms with van der Waals surface area (Å²) >= 11 is 7.39. The van der Waals surface area contributed by atoms with Gasteiger partial charge >= 0.3 is 0 Å². The first kappa shape index (κ1) is 14.7. The molecule has 0 aliphatic heterocycles. The molecule has 0 saturated carbocycles. The second-order valence-electron chi connectivity index (χ2n) is 4.23. The Morgan fingerprint density at radius 3 is 3.00 bits per heavy atom. The number of amides is 1. The van der Waals surface area contributed by atoms with Crippen LogP contribution in [0.15, 0.2) is 35.5 Å². The lowest BCUT2D eigenvalue weighted by molar-refractivity contribution is -0.115. The van der Waals surface area contributed by atoms with Gasteiger partial charge in [-0.2, -0.15) is 5.10 Å². The lowest BCUT2D eigenvalue weighted by Crippen LogP contribution is -2.13. The molecule has 1 aromatic heterocycles. The lowest BCUT2D eigenvalue weighted by atomic mass is 10.2. The number of carbonyl (C=O) groups is 1. The third-order valence-electron chi connectivity index (χ3n) is 2.57. The number of aryl methyl sites for hydroxylation is 1. The van der Waals surface area contributed by atoms with Gasteiger partial charge in [0.1, 0.15) is 0 Å². The number of halogens is 1. The number of nitrogens with one attached hydrogen (secondary N) is 1. The zero-order valence-electron chi connectivity index (χ0n) is 11.0. The van der Waals surface area contributed by atoms with Crippen LogP contribution in [-0.4, -0.2) is 21.4 Å². The third kappa shape index (κ3) is 4.18. The van der Waals surface area contributed by atoms with Crippen LogP contribution in [0.25, 0.3) is 0 Å². The van der Waals surface area contributed by atoms with Crippen LogP contribution in [0.5, 0.6) is 0 Å². The first-order chi connectivity index (χ1) is 9.54. The number of benzene rings is 1. The fraction of sp³-hybridized carbons (Fsp3) is 0.231. The van der Waals surface area contributed by atoms with Gasteiger partial charge in [-0.1, -0.05) is 11.6 Å². The highest BCUT2D eigenvalue weighted by Crippen LogP contribution is 2.23. The van der Waals surface area contributed by atoms with Gasteiger partial charge in [0, 0.05) is 35.3 Å². The number of anilines is 2. The minimum Gasteiger partial charge on any atom is -0.397 e. The molecule has 1 heterocycles. The second-order valence-corrected chi connectivity index (χ2v) is 5.83. The molecule has 0 radical (unpaired) electrons. The second kappa shape index (κ2) is 6.67. The van der Waals surface area contributed by atoms with Gasteiger partial charge in [-0.3, -0.25) is 9.48 Å². The molecule has 2 rings (SSSR count). The molecule has 0 spiro atoms. The van der Waals surface area contributed by atoms with E-state index < -0.39 is 0 Å². The third-order valence-corrected chi connectivity index (χ3v) is 3.75. The summed E-state index contributed by atoms with van der Waals surface area (Å²) in [5, 5.41) is 7.39. The maximum absolute atomic E-state index is 11.8. The Hall–Kier alpha value is -1.66. The summed E-state index contributed by atoms with van der Waals surface area (Å²) in [7, 11) is 1.86. The van der Waals surface area contributed by atoms with Crippen molar-refractivity contribution in [1.82, 2.24) is 9.78 Å². The monoisotopic (exact) mass is 310 g/mol. The first-order valence-electron chi connectivity index (χ1n) is 6.01. The van der Waals surface area contributed by atoms with Crippen molar-refractivity contribution >= 4 is 40.6 Å². The van der Waals surface area contributed by atoms with Crippen LogP contribution < -0.4 is 11.1 Å². The van der Waals surface area contributed by atoms with Crippen LogP contribution in [-0.2, 0) is 11.8 Å². The number of thioether (sulfide) groups is 1. The van der Waals surface area contributed by atoms with Crippen LogP contribution >= 0.6 is 23.4 Å². The van der Waals surface area contributed by atoms with Crippen molar-refractivity contribution in [1.29, 1.82) is 0 Å². The maximum atomic E-state index is 11.8. The molecule has 0 aliphatic carbocycles. The van der Waals surface area contributed by atoms with Gasteiger partial charge in [-0.25, -0.2) is 0 Å². The number of hydrogen-bond donors (Lipinski definition) is 2. The molecule has 5 nitrogen and oxygen atoms in total. The van der Waals surface area contributed by atoms with Crippen molar-refractivity contribution in [2.24, 2.45) is 7.05 Å². The molecular weight excluding hydrogens is 296 g/mol. The van der Waals surface area contributed by atoms with Crippen molar-refractivity contribution in [3.8, 4) is 0 Å². The highest BCUT2D eigenvalue weighted by Gasteiger charge is 2.06. The summed E-state index contributed by atoms with van der Waals surface area (Å²) in [6.45, 7) is 0. The minimum absolute atomic E-state index is 0.0737. The molecule has 1 amide bonds. The lowest BCUT2D eigenvalue weighted by Gasteiger charge is -2.08. The Balaban J connectivity index is 1.80. The molecule has 0 saturated heterocycles. The van der Waals surface area contributed by atoms with E-state index in [1.807, 2.05) is 13.2 Å². The molecule has 106 valence electrons. The van der Waals surface area contributed by atoms with Gasteiger partial charge in [0.05, 0.1) is 17.6 Å². The molecule has 7 heteroatoms. The summed E-state index contributed by atoms with van der Waals surface area (Å²) in [5.41, 5.74) is 6.83. The zero-order valence-corrected chi connectivity index (χ0v) is 12.5. The van der Waals surface area contributed by atoms with E-state index in [0.717, 1.165) is 4.90 Å².